The SMILES string of the molecule is CCOC(=O)Nc1nc2c(N3CCN(C)CC3)cccn2n1. The predicted octanol–water partition coefficient (Wildman–Crippen LogP) is 1.05. The number of pyridine rings is 1. The van der Waals surface area contributed by atoms with Gasteiger partial charge in [-0.15, -0.1) is 5.10 Å². The molecule has 1 N–H and O–H groups in total. The van der Waals surface area contributed by atoms with Gasteiger partial charge in [0.15, 0.2) is 5.65 Å². The number of hydrogen-bond acceptors (Lipinski definition) is 6. The minimum absolute atomic E-state index is 0.250. The molecule has 22 heavy (non-hydrogen) atoms. The van der Waals surface area contributed by atoms with Crippen LogP contribution in [0, 0.1) is 0 Å². The molecule has 1 amide bonds. The normalized spacial score (nSPS) is 16.0. The number of amides is 1. The molecular weight excluding hydrogens is 284 g/mol. The zero-order valence-electron chi connectivity index (χ0n) is 12.8. The van der Waals surface area contributed by atoms with Crippen LogP contribution in [0.1, 0.15) is 6.92 Å². The van der Waals surface area contributed by atoms with Gasteiger partial charge in [0.25, 0.3) is 5.95 Å². The first-order valence-electron chi connectivity index (χ1n) is 7.40. The van der Waals surface area contributed by atoms with E-state index in [0.717, 1.165) is 37.5 Å². The molecular formula is C14H20N6O2. The minimum Gasteiger partial charge on any atom is -0.450 e. The van der Waals surface area contributed by atoms with Crippen LogP contribution in [0.5, 0.6) is 0 Å². The van der Waals surface area contributed by atoms with Crippen molar-refractivity contribution in [2.24, 2.45) is 0 Å². The van der Waals surface area contributed by atoms with Crippen molar-refractivity contribution < 1.29 is 9.53 Å². The van der Waals surface area contributed by atoms with Gasteiger partial charge < -0.3 is 14.5 Å². The Hall–Kier alpha value is -2.35. The number of carbonyl (C=O) groups is 1. The first kappa shape index (κ1) is 14.6. The van der Waals surface area contributed by atoms with Gasteiger partial charge in [-0.2, -0.15) is 4.98 Å². The molecule has 1 fully saturated rings. The summed E-state index contributed by atoms with van der Waals surface area (Å²) in [5.41, 5.74) is 1.76. The lowest BCUT2D eigenvalue weighted by atomic mass is 10.3. The van der Waals surface area contributed by atoms with E-state index >= 15 is 0 Å². The molecule has 118 valence electrons. The summed E-state index contributed by atoms with van der Waals surface area (Å²) < 4.78 is 6.52. The molecule has 2 aromatic rings. The lowest BCUT2D eigenvalue weighted by Crippen LogP contribution is -2.44. The van der Waals surface area contributed by atoms with Gasteiger partial charge >= 0.3 is 6.09 Å². The second-order valence-electron chi connectivity index (χ2n) is 5.23. The van der Waals surface area contributed by atoms with Crippen molar-refractivity contribution in [2.45, 2.75) is 6.92 Å². The van der Waals surface area contributed by atoms with Crippen LogP contribution < -0.4 is 10.2 Å². The Kier molecular flexibility index (Phi) is 4.10. The zero-order valence-corrected chi connectivity index (χ0v) is 12.8. The summed E-state index contributed by atoms with van der Waals surface area (Å²) >= 11 is 0. The van der Waals surface area contributed by atoms with E-state index in [2.05, 4.69) is 32.2 Å². The molecule has 3 heterocycles. The second-order valence-corrected chi connectivity index (χ2v) is 5.23. The molecule has 8 nitrogen and oxygen atoms in total. The van der Waals surface area contributed by atoms with E-state index < -0.39 is 6.09 Å². The van der Waals surface area contributed by atoms with Crippen molar-refractivity contribution in [3.63, 3.8) is 0 Å². The number of fused-ring (bicyclic) bond motifs is 1. The molecule has 1 aliphatic rings. The van der Waals surface area contributed by atoms with Gasteiger partial charge in [-0.05, 0) is 26.1 Å². The highest BCUT2D eigenvalue weighted by molar-refractivity contribution is 5.83. The van der Waals surface area contributed by atoms with Crippen LogP contribution >= 0.6 is 0 Å². The van der Waals surface area contributed by atoms with Gasteiger partial charge in [-0.3, -0.25) is 5.32 Å². The number of nitrogens with one attached hydrogen (secondary N) is 1. The minimum atomic E-state index is -0.542. The van der Waals surface area contributed by atoms with Crippen molar-refractivity contribution in [1.82, 2.24) is 19.5 Å². The summed E-state index contributed by atoms with van der Waals surface area (Å²) in [4.78, 5) is 20.5. The standard InChI is InChI=1S/C14H20N6O2/c1-3-22-14(21)16-13-15-12-11(5-4-6-20(12)17-13)19-9-7-18(2)8-10-19/h4-6H,3,7-10H2,1-2H3,(H,16,17,21). The van der Waals surface area contributed by atoms with Crippen LogP contribution in [-0.2, 0) is 4.74 Å². The van der Waals surface area contributed by atoms with E-state index in [1.807, 2.05) is 18.3 Å². The summed E-state index contributed by atoms with van der Waals surface area (Å²) in [5, 5.41) is 6.80. The number of piperazine rings is 1. The monoisotopic (exact) mass is 304 g/mol. The van der Waals surface area contributed by atoms with Gasteiger partial charge in [0.1, 0.15) is 0 Å². The highest BCUT2D eigenvalue weighted by Crippen LogP contribution is 2.22. The Bertz CT molecular complexity index is 662. The quantitative estimate of drug-likeness (QED) is 0.913. The second kappa shape index (κ2) is 6.18. The number of anilines is 2. The highest BCUT2D eigenvalue weighted by Gasteiger charge is 2.18. The highest BCUT2D eigenvalue weighted by atomic mass is 16.5. The maximum absolute atomic E-state index is 11.5. The molecule has 0 spiro atoms. The van der Waals surface area contributed by atoms with E-state index in [0.29, 0.717) is 6.61 Å². The van der Waals surface area contributed by atoms with Gasteiger partial charge in [0.05, 0.1) is 12.3 Å². The van der Waals surface area contributed by atoms with Crippen LogP contribution in [0.3, 0.4) is 0 Å². The van der Waals surface area contributed by atoms with Crippen LogP contribution in [0.25, 0.3) is 5.65 Å². The fourth-order valence-corrected chi connectivity index (χ4v) is 2.50. The number of carbonyl (C=O) groups excluding carboxylic acids is 1. The largest absolute Gasteiger partial charge is 0.450 e. The smallest absolute Gasteiger partial charge is 0.414 e. The van der Waals surface area contributed by atoms with Crippen LogP contribution in [0.15, 0.2) is 18.3 Å². The van der Waals surface area contributed by atoms with E-state index in [4.69, 9.17) is 4.74 Å². The Labute approximate surface area is 128 Å². The number of hydrogen-bond donors (Lipinski definition) is 1. The predicted molar refractivity (Wildman–Crippen MR) is 83.3 cm³/mol. The van der Waals surface area contributed by atoms with Crippen molar-refractivity contribution in [2.75, 3.05) is 50.1 Å². The molecule has 1 saturated heterocycles. The molecule has 0 aliphatic carbocycles. The van der Waals surface area contributed by atoms with Gasteiger partial charge in [-0.1, -0.05) is 0 Å². The molecule has 0 radical (unpaired) electrons. The van der Waals surface area contributed by atoms with Gasteiger partial charge in [-0.25, -0.2) is 9.31 Å². The third kappa shape index (κ3) is 2.96. The summed E-state index contributed by atoms with van der Waals surface area (Å²) in [6, 6.07) is 3.97. The maximum atomic E-state index is 11.5. The van der Waals surface area contributed by atoms with E-state index in [9.17, 15) is 4.79 Å². The molecule has 0 bridgehead atoms. The molecule has 3 rings (SSSR count). The van der Waals surface area contributed by atoms with Gasteiger partial charge in [0.2, 0.25) is 0 Å². The van der Waals surface area contributed by atoms with E-state index in [1.165, 1.54) is 0 Å². The fraction of sp³-hybridized carbons (Fsp3) is 0.500. The van der Waals surface area contributed by atoms with E-state index in [1.54, 1.807) is 11.4 Å². The number of rotatable bonds is 3. The van der Waals surface area contributed by atoms with Gasteiger partial charge in [0, 0.05) is 32.4 Å². The molecule has 0 atom stereocenters. The summed E-state index contributed by atoms with van der Waals surface area (Å²) in [7, 11) is 2.12. The average molecular weight is 304 g/mol. The van der Waals surface area contributed by atoms with Crippen molar-refractivity contribution in [1.29, 1.82) is 0 Å². The summed E-state index contributed by atoms with van der Waals surface area (Å²) in [6.45, 7) is 5.99. The molecule has 0 aromatic carbocycles. The molecule has 0 saturated carbocycles. The van der Waals surface area contributed by atoms with Crippen LogP contribution in [-0.4, -0.2) is 65.4 Å². The first-order chi connectivity index (χ1) is 10.7. The fourth-order valence-electron chi connectivity index (χ4n) is 2.50. The summed E-state index contributed by atoms with van der Waals surface area (Å²) in [6.07, 6.45) is 1.28. The lowest BCUT2D eigenvalue weighted by molar-refractivity contribution is 0.167. The van der Waals surface area contributed by atoms with Crippen molar-refractivity contribution in [3.8, 4) is 0 Å². The lowest BCUT2D eigenvalue weighted by Gasteiger charge is -2.33. The van der Waals surface area contributed by atoms with Crippen molar-refractivity contribution in [3.05, 3.63) is 18.3 Å². The number of nitrogens with zero attached hydrogens (tertiary/aromatic N) is 5. The van der Waals surface area contributed by atoms with Crippen LogP contribution in [0.4, 0.5) is 16.4 Å². The third-order valence-electron chi connectivity index (χ3n) is 3.67. The van der Waals surface area contributed by atoms with Crippen LogP contribution in [0.2, 0.25) is 0 Å². The maximum Gasteiger partial charge on any atom is 0.414 e. The molecule has 8 heteroatoms. The van der Waals surface area contributed by atoms with Crippen molar-refractivity contribution >= 4 is 23.4 Å². The molecule has 1 aliphatic heterocycles. The number of likely N-dealkylation sites (N-methyl/N-ethyl adjacent to an activating group) is 1. The first-order valence-corrected chi connectivity index (χ1v) is 7.40. The summed E-state index contributed by atoms with van der Waals surface area (Å²) in [5.74, 6) is 0.250. The zero-order chi connectivity index (χ0) is 15.5. The van der Waals surface area contributed by atoms with E-state index in [-0.39, 0.29) is 5.95 Å². The Morgan fingerprint density at radius 1 is 1.36 bits per heavy atom. The number of aromatic nitrogens is 3. The topological polar surface area (TPSA) is 75.0 Å². The number of ether oxygens (including phenoxy) is 1. The average Bonchev–Trinajstić information content (AvgIpc) is 2.90. The third-order valence-corrected chi connectivity index (χ3v) is 3.67. The Balaban J connectivity index is 1.85. The molecule has 0 unspecified atom stereocenters. The molecule has 2 aromatic heterocycles. The Morgan fingerprint density at radius 2 is 2.14 bits per heavy atom. The Morgan fingerprint density at radius 3 is 2.86 bits per heavy atom.